The molecule has 0 aromatic heterocycles. The van der Waals surface area contributed by atoms with Crippen molar-refractivity contribution < 1.29 is 19.8 Å². The molecule has 1 aliphatic heterocycles. The second kappa shape index (κ2) is 5.69. The van der Waals surface area contributed by atoms with Crippen LogP contribution in [0.2, 0.25) is 0 Å². The number of likely N-dealkylation sites (tertiary alicyclic amines) is 1. The van der Waals surface area contributed by atoms with Gasteiger partial charge in [-0.3, -0.25) is 4.79 Å². The number of hydrogen-bond donors (Lipinski definition) is 2. The highest BCUT2D eigenvalue weighted by molar-refractivity contribution is 5.85. The fourth-order valence-electron chi connectivity index (χ4n) is 3.05. The number of hydrogen-bond acceptors (Lipinski definition) is 3. The quantitative estimate of drug-likeness (QED) is 0.722. The van der Waals surface area contributed by atoms with Crippen LogP contribution in [0.1, 0.15) is 44.9 Å². The molecular weight excluding hydrogens is 234 g/mol. The summed E-state index contributed by atoms with van der Waals surface area (Å²) in [5, 5.41) is 18.7. The molecule has 0 spiro atoms. The molecule has 2 N–H and O–H groups in total. The number of carbonyl (C=O) groups excluding carboxylic acids is 1. The molecule has 0 aromatic carbocycles. The summed E-state index contributed by atoms with van der Waals surface area (Å²) in [5.74, 6) is -1.12. The summed E-state index contributed by atoms with van der Waals surface area (Å²) in [4.78, 5) is 24.9. The van der Waals surface area contributed by atoms with Gasteiger partial charge in [-0.05, 0) is 12.8 Å². The number of carbonyl (C=O) groups is 2. The van der Waals surface area contributed by atoms with Crippen LogP contribution in [0.4, 0.5) is 0 Å². The Morgan fingerprint density at radius 2 is 1.67 bits per heavy atom. The van der Waals surface area contributed by atoms with Crippen LogP contribution in [0.3, 0.4) is 0 Å². The Labute approximate surface area is 107 Å². The number of amides is 1. The van der Waals surface area contributed by atoms with Gasteiger partial charge in [0.15, 0.2) is 0 Å². The third-order valence-corrected chi connectivity index (χ3v) is 4.05. The molecule has 2 rings (SSSR count). The van der Waals surface area contributed by atoms with Crippen LogP contribution < -0.4 is 0 Å². The summed E-state index contributed by atoms with van der Waals surface area (Å²) in [6.45, 7) is 0.173. The minimum absolute atomic E-state index is 0.0420. The third-order valence-electron chi connectivity index (χ3n) is 4.05. The van der Waals surface area contributed by atoms with Crippen molar-refractivity contribution in [2.75, 3.05) is 6.54 Å². The van der Waals surface area contributed by atoms with Crippen molar-refractivity contribution in [1.29, 1.82) is 0 Å². The maximum absolute atomic E-state index is 12.4. The SMILES string of the molecule is O=C(O)C1CC(O)CN1C(=O)C1CCCCCC1. The monoisotopic (exact) mass is 255 g/mol. The summed E-state index contributed by atoms with van der Waals surface area (Å²) < 4.78 is 0. The van der Waals surface area contributed by atoms with Gasteiger partial charge in [0, 0.05) is 18.9 Å². The maximum Gasteiger partial charge on any atom is 0.326 e. The van der Waals surface area contributed by atoms with E-state index in [2.05, 4.69) is 0 Å². The molecule has 0 bridgehead atoms. The highest BCUT2D eigenvalue weighted by Crippen LogP contribution is 2.28. The molecule has 1 saturated heterocycles. The number of carboxylic acids is 1. The Bertz CT molecular complexity index is 323. The summed E-state index contributed by atoms with van der Waals surface area (Å²) in [5.41, 5.74) is 0. The zero-order chi connectivity index (χ0) is 13.1. The Kier molecular flexibility index (Phi) is 4.22. The van der Waals surface area contributed by atoms with Gasteiger partial charge in [-0.15, -0.1) is 0 Å². The largest absolute Gasteiger partial charge is 0.480 e. The molecule has 0 radical (unpaired) electrons. The van der Waals surface area contributed by atoms with E-state index in [-0.39, 0.29) is 24.8 Å². The first-order valence-corrected chi connectivity index (χ1v) is 6.81. The summed E-state index contributed by atoms with van der Waals surface area (Å²) in [6, 6.07) is -0.837. The molecule has 5 nitrogen and oxygen atoms in total. The zero-order valence-corrected chi connectivity index (χ0v) is 10.5. The van der Waals surface area contributed by atoms with E-state index < -0.39 is 18.1 Å². The topological polar surface area (TPSA) is 77.8 Å². The first-order chi connectivity index (χ1) is 8.59. The highest BCUT2D eigenvalue weighted by Gasteiger charge is 2.40. The van der Waals surface area contributed by atoms with Crippen molar-refractivity contribution in [3.8, 4) is 0 Å². The van der Waals surface area contributed by atoms with E-state index in [1.54, 1.807) is 0 Å². The number of carboxylic acid groups (broad SMARTS) is 1. The predicted octanol–water partition coefficient (Wildman–Crippen LogP) is 1.00. The van der Waals surface area contributed by atoms with E-state index >= 15 is 0 Å². The Balaban J connectivity index is 2.04. The first-order valence-electron chi connectivity index (χ1n) is 6.81. The Hall–Kier alpha value is -1.10. The number of β-amino-alcohol motifs (C(OH)–C–C–N with tert-alkyl or cyclic N) is 1. The molecular formula is C13H21NO4. The maximum atomic E-state index is 12.4. The van der Waals surface area contributed by atoms with Gasteiger partial charge in [-0.2, -0.15) is 0 Å². The fraction of sp³-hybridized carbons (Fsp3) is 0.846. The number of rotatable bonds is 2. The lowest BCUT2D eigenvalue weighted by Gasteiger charge is -2.25. The predicted molar refractivity (Wildman–Crippen MR) is 65.0 cm³/mol. The van der Waals surface area contributed by atoms with E-state index in [0.29, 0.717) is 0 Å². The summed E-state index contributed by atoms with van der Waals surface area (Å²) >= 11 is 0. The van der Waals surface area contributed by atoms with Crippen molar-refractivity contribution in [2.45, 2.75) is 57.1 Å². The van der Waals surface area contributed by atoms with Gasteiger partial charge in [-0.25, -0.2) is 4.79 Å². The molecule has 2 atom stereocenters. The van der Waals surface area contributed by atoms with Crippen molar-refractivity contribution in [3.63, 3.8) is 0 Å². The standard InChI is InChI=1S/C13H21NO4/c15-10-7-11(13(17)18)14(8-10)12(16)9-5-3-1-2-4-6-9/h9-11,15H,1-8H2,(H,17,18). The number of nitrogens with zero attached hydrogens (tertiary/aromatic N) is 1. The molecule has 1 amide bonds. The van der Waals surface area contributed by atoms with Gasteiger partial charge in [0.2, 0.25) is 5.91 Å². The minimum Gasteiger partial charge on any atom is -0.480 e. The van der Waals surface area contributed by atoms with E-state index in [0.717, 1.165) is 38.5 Å². The van der Waals surface area contributed by atoms with E-state index in [1.807, 2.05) is 0 Å². The van der Waals surface area contributed by atoms with Crippen molar-refractivity contribution in [2.24, 2.45) is 5.92 Å². The van der Waals surface area contributed by atoms with E-state index in [4.69, 9.17) is 5.11 Å². The first kappa shape index (κ1) is 13.3. The van der Waals surface area contributed by atoms with Crippen LogP contribution in [0.15, 0.2) is 0 Å². The molecule has 1 aliphatic carbocycles. The van der Waals surface area contributed by atoms with Gasteiger partial charge in [0.25, 0.3) is 0 Å². The molecule has 18 heavy (non-hydrogen) atoms. The van der Waals surface area contributed by atoms with Crippen molar-refractivity contribution >= 4 is 11.9 Å². The second-order valence-electron chi connectivity index (χ2n) is 5.42. The van der Waals surface area contributed by atoms with Gasteiger partial charge >= 0.3 is 5.97 Å². The van der Waals surface area contributed by atoms with Crippen LogP contribution >= 0.6 is 0 Å². The number of aliphatic hydroxyl groups is 1. The highest BCUT2D eigenvalue weighted by atomic mass is 16.4. The average molecular weight is 255 g/mol. The van der Waals surface area contributed by atoms with Crippen LogP contribution in [-0.2, 0) is 9.59 Å². The van der Waals surface area contributed by atoms with Crippen LogP contribution in [-0.4, -0.2) is 45.7 Å². The normalized spacial score (nSPS) is 30.2. The Morgan fingerprint density at radius 1 is 1.06 bits per heavy atom. The zero-order valence-electron chi connectivity index (χ0n) is 10.5. The Morgan fingerprint density at radius 3 is 2.22 bits per heavy atom. The molecule has 102 valence electrons. The molecule has 2 aliphatic rings. The number of aliphatic hydroxyl groups excluding tert-OH is 1. The molecule has 5 heteroatoms. The average Bonchev–Trinajstić information content (AvgIpc) is 2.56. The van der Waals surface area contributed by atoms with Gasteiger partial charge in [0.1, 0.15) is 6.04 Å². The number of aliphatic carboxylic acids is 1. The minimum atomic E-state index is -1.01. The van der Waals surface area contributed by atoms with Crippen molar-refractivity contribution in [3.05, 3.63) is 0 Å². The van der Waals surface area contributed by atoms with Crippen LogP contribution in [0.25, 0.3) is 0 Å². The van der Waals surface area contributed by atoms with Gasteiger partial charge < -0.3 is 15.1 Å². The van der Waals surface area contributed by atoms with E-state index in [9.17, 15) is 14.7 Å². The smallest absolute Gasteiger partial charge is 0.326 e. The molecule has 2 fully saturated rings. The molecule has 1 saturated carbocycles. The van der Waals surface area contributed by atoms with Crippen LogP contribution in [0.5, 0.6) is 0 Å². The van der Waals surface area contributed by atoms with Crippen molar-refractivity contribution in [1.82, 2.24) is 4.90 Å². The fourth-order valence-corrected chi connectivity index (χ4v) is 3.05. The molecule has 1 heterocycles. The lowest BCUT2D eigenvalue weighted by Crippen LogP contribution is -2.43. The van der Waals surface area contributed by atoms with Gasteiger partial charge in [0.05, 0.1) is 6.10 Å². The van der Waals surface area contributed by atoms with Crippen LogP contribution in [0, 0.1) is 5.92 Å². The lowest BCUT2D eigenvalue weighted by atomic mass is 9.98. The summed E-state index contributed by atoms with van der Waals surface area (Å²) in [6.07, 6.45) is 5.60. The lowest BCUT2D eigenvalue weighted by molar-refractivity contribution is -0.150. The molecule has 0 aromatic rings. The summed E-state index contributed by atoms with van der Waals surface area (Å²) in [7, 11) is 0. The van der Waals surface area contributed by atoms with Gasteiger partial charge in [-0.1, -0.05) is 25.7 Å². The second-order valence-corrected chi connectivity index (χ2v) is 5.42. The van der Waals surface area contributed by atoms with E-state index in [1.165, 1.54) is 4.90 Å². The third kappa shape index (κ3) is 2.83. The molecule has 2 unspecified atom stereocenters.